The van der Waals surface area contributed by atoms with Crippen LogP contribution in [0.15, 0.2) is 6.07 Å². The monoisotopic (exact) mass is 223 g/mol. The van der Waals surface area contributed by atoms with Gasteiger partial charge in [-0.1, -0.05) is 13.3 Å². The zero-order valence-electron chi connectivity index (χ0n) is 10.4. The first kappa shape index (κ1) is 12.9. The molecule has 1 N–H and O–H groups in total. The average molecular weight is 223 g/mol. The van der Waals surface area contributed by atoms with Crippen LogP contribution in [-0.2, 0) is 17.8 Å². The van der Waals surface area contributed by atoms with Gasteiger partial charge in [-0.3, -0.25) is 0 Å². The number of aryl methyl sites for hydroxylation is 1. The molecule has 1 rings (SSSR count). The zero-order chi connectivity index (χ0) is 11.8. The van der Waals surface area contributed by atoms with Crippen molar-refractivity contribution in [3.8, 4) is 0 Å². The second-order valence-corrected chi connectivity index (χ2v) is 3.73. The van der Waals surface area contributed by atoms with Crippen molar-refractivity contribution in [2.75, 3.05) is 19.0 Å². The number of nitrogens with zero attached hydrogens (tertiary/aromatic N) is 2. The molecule has 0 aliphatic rings. The van der Waals surface area contributed by atoms with Crippen LogP contribution >= 0.6 is 0 Å². The van der Waals surface area contributed by atoms with E-state index in [1.165, 1.54) is 0 Å². The maximum absolute atomic E-state index is 5.10. The van der Waals surface area contributed by atoms with Gasteiger partial charge in [-0.2, -0.15) is 0 Å². The maximum atomic E-state index is 5.10. The van der Waals surface area contributed by atoms with Crippen molar-refractivity contribution in [1.82, 2.24) is 9.97 Å². The number of hydrogen-bond donors (Lipinski definition) is 1. The Balaban J connectivity index is 2.80. The Kier molecular flexibility index (Phi) is 5.78. The summed E-state index contributed by atoms with van der Waals surface area (Å²) in [6.45, 7) is 5.64. The molecule has 4 heteroatoms. The molecule has 0 spiro atoms. The smallest absolute Gasteiger partial charge is 0.131 e. The van der Waals surface area contributed by atoms with Gasteiger partial charge in [-0.25, -0.2) is 9.97 Å². The third kappa shape index (κ3) is 4.14. The number of unbranched alkanes of at least 4 members (excludes halogenated alkanes) is 1. The molecule has 0 amide bonds. The number of methoxy groups -OCH3 is 1. The molecule has 1 heterocycles. The van der Waals surface area contributed by atoms with E-state index in [0.29, 0.717) is 6.61 Å². The molecule has 0 radical (unpaired) electrons. The van der Waals surface area contributed by atoms with E-state index in [2.05, 4.69) is 29.1 Å². The first-order chi connectivity index (χ1) is 7.80. The first-order valence-corrected chi connectivity index (χ1v) is 5.89. The van der Waals surface area contributed by atoms with Crippen LogP contribution in [0.4, 0.5) is 5.82 Å². The van der Waals surface area contributed by atoms with Crippen LogP contribution in [0.1, 0.15) is 38.2 Å². The van der Waals surface area contributed by atoms with Crippen molar-refractivity contribution >= 4 is 5.82 Å². The third-order valence-electron chi connectivity index (χ3n) is 2.23. The van der Waals surface area contributed by atoms with Gasteiger partial charge in [0.05, 0.1) is 12.3 Å². The maximum Gasteiger partial charge on any atom is 0.131 e. The highest BCUT2D eigenvalue weighted by Gasteiger charge is 2.03. The lowest BCUT2D eigenvalue weighted by Gasteiger charge is -2.08. The molecule has 0 aliphatic carbocycles. The topological polar surface area (TPSA) is 47.0 Å². The van der Waals surface area contributed by atoms with Crippen LogP contribution in [0.25, 0.3) is 0 Å². The van der Waals surface area contributed by atoms with E-state index in [1.807, 2.05) is 6.07 Å². The Morgan fingerprint density at radius 2 is 2.12 bits per heavy atom. The molecule has 4 nitrogen and oxygen atoms in total. The molecule has 0 atom stereocenters. The molecule has 0 saturated heterocycles. The van der Waals surface area contributed by atoms with E-state index in [0.717, 1.165) is 43.1 Å². The van der Waals surface area contributed by atoms with Gasteiger partial charge in [-0.15, -0.1) is 0 Å². The van der Waals surface area contributed by atoms with E-state index >= 15 is 0 Å². The second-order valence-electron chi connectivity index (χ2n) is 3.73. The highest BCUT2D eigenvalue weighted by atomic mass is 16.5. The molecule has 1 aromatic heterocycles. The lowest BCUT2D eigenvalue weighted by atomic mass is 10.2. The quantitative estimate of drug-likeness (QED) is 0.771. The minimum Gasteiger partial charge on any atom is -0.378 e. The number of nitrogens with one attached hydrogen (secondary N) is 1. The summed E-state index contributed by atoms with van der Waals surface area (Å²) < 4.78 is 5.10. The molecule has 16 heavy (non-hydrogen) atoms. The van der Waals surface area contributed by atoms with Crippen molar-refractivity contribution in [2.24, 2.45) is 0 Å². The standard InChI is InChI=1S/C12H21N3O/c1-4-6-7-11-14-10(9-16-3)8-12(15-11)13-5-2/h8H,4-7,9H2,1-3H3,(H,13,14,15). The normalized spacial score (nSPS) is 10.4. The van der Waals surface area contributed by atoms with Crippen LogP contribution in [-0.4, -0.2) is 23.6 Å². The summed E-state index contributed by atoms with van der Waals surface area (Å²) in [5.41, 5.74) is 0.944. The Morgan fingerprint density at radius 3 is 2.75 bits per heavy atom. The Hall–Kier alpha value is -1.16. The van der Waals surface area contributed by atoms with Crippen LogP contribution in [0.2, 0.25) is 0 Å². The largest absolute Gasteiger partial charge is 0.378 e. The van der Waals surface area contributed by atoms with Crippen molar-refractivity contribution in [3.05, 3.63) is 17.6 Å². The second kappa shape index (κ2) is 7.17. The zero-order valence-corrected chi connectivity index (χ0v) is 10.4. The number of ether oxygens (including phenoxy) is 1. The van der Waals surface area contributed by atoms with E-state index in [-0.39, 0.29) is 0 Å². The lowest BCUT2D eigenvalue weighted by molar-refractivity contribution is 0.181. The van der Waals surface area contributed by atoms with Crippen LogP contribution < -0.4 is 5.32 Å². The molecular weight excluding hydrogens is 202 g/mol. The van der Waals surface area contributed by atoms with Crippen LogP contribution in [0, 0.1) is 0 Å². The number of hydrogen-bond acceptors (Lipinski definition) is 4. The first-order valence-electron chi connectivity index (χ1n) is 5.89. The minimum atomic E-state index is 0.542. The summed E-state index contributed by atoms with van der Waals surface area (Å²) in [6.07, 6.45) is 3.23. The van der Waals surface area contributed by atoms with Gasteiger partial charge in [0.15, 0.2) is 0 Å². The third-order valence-corrected chi connectivity index (χ3v) is 2.23. The van der Waals surface area contributed by atoms with E-state index in [4.69, 9.17) is 4.74 Å². The van der Waals surface area contributed by atoms with Crippen molar-refractivity contribution in [1.29, 1.82) is 0 Å². The minimum absolute atomic E-state index is 0.542. The van der Waals surface area contributed by atoms with Crippen molar-refractivity contribution in [2.45, 2.75) is 39.7 Å². The molecular formula is C12H21N3O. The summed E-state index contributed by atoms with van der Waals surface area (Å²) in [7, 11) is 1.68. The average Bonchev–Trinajstić information content (AvgIpc) is 2.27. The molecule has 0 unspecified atom stereocenters. The Labute approximate surface area is 97.5 Å². The summed E-state index contributed by atoms with van der Waals surface area (Å²) in [4.78, 5) is 8.93. The van der Waals surface area contributed by atoms with Gasteiger partial charge in [0.2, 0.25) is 0 Å². The van der Waals surface area contributed by atoms with Crippen molar-refractivity contribution < 1.29 is 4.74 Å². The highest BCUT2D eigenvalue weighted by Crippen LogP contribution is 2.09. The number of anilines is 1. The SMILES string of the molecule is CCCCc1nc(COC)cc(NCC)n1. The molecule has 0 aromatic carbocycles. The predicted molar refractivity (Wildman–Crippen MR) is 65.5 cm³/mol. The van der Waals surface area contributed by atoms with Crippen molar-refractivity contribution in [3.63, 3.8) is 0 Å². The van der Waals surface area contributed by atoms with Crippen LogP contribution in [0.5, 0.6) is 0 Å². The highest BCUT2D eigenvalue weighted by molar-refractivity contribution is 5.35. The van der Waals surface area contributed by atoms with E-state index < -0.39 is 0 Å². The van der Waals surface area contributed by atoms with Gasteiger partial charge < -0.3 is 10.1 Å². The summed E-state index contributed by atoms with van der Waals surface area (Å²) in [6, 6.07) is 1.95. The van der Waals surface area contributed by atoms with Gasteiger partial charge >= 0.3 is 0 Å². The summed E-state index contributed by atoms with van der Waals surface area (Å²) in [5.74, 6) is 1.81. The molecule has 90 valence electrons. The molecule has 1 aromatic rings. The lowest BCUT2D eigenvalue weighted by Crippen LogP contribution is -2.06. The fourth-order valence-electron chi connectivity index (χ4n) is 1.49. The van der Waals surface area contributed by atoms with Gasteiger partial charge in [0.1, 0.15) is 11.6 Å². The fraction of sp³-hybridized carbons (Fsp3) is 0.667. The number of rotatable bonds is 7. The van der Waals surface area contributed by atoms with Crippen LogP contribution in [0.3, 0.4) is 0 Å². The Bertz CT molecular complexity index is 291. The molecule has 0 saturated carbocycles. The van der Waals surface area contributed by atoms with Gasteiger partial charge in [0.25, 0.3) is 0 Å². The summed E-state index contributed by atoms with van der Waals surface area (Å²) >= 11 is 0. The molecule has 0 fully saturated rings. The molecule has 0 bridgehead atoms. The Morgan fingerprint density at radius 1 is 1.31 bits per heavy atom. The number of aromatic nitrogens is 2. The van der Waals surface area contributed by atoms with Gasteiger partial charge in [0, 0.05) is 26.1 Å². The van der Waals surface area contributed by atoms with Gasteiger partial charge in [-0.05, 0) is 13.3 Å². The fourth-order valence-corrected chi connectivity index (χ4v) is 1.49. The summed E-state index contributed by atoms with van der Waals surface area (Å²) in [5, 5.41) is 3.22. The van der Waals surface area contributed by atoms with E-state index in [1.54, 1.807) is 7.11 Å². The van der Waals surface area contributed by atoms with E-state index in [9.17, 15) is 0 Å². The predicted octanol–water partition coefficient (Wildman–Crippen LogP) is 2.40. The molecule has 0 aliphatic heterocycles.